The standard InChI is InChI=1S/C15H15NO6/c1-8-5-14(19)22-12-6-10(3-4-11(8)12)21-9(2)15(20)16-7-13(17)18/h3-6,9H,7H2,1-2H3,(H,16,20)(H,17,18)/t9-/m0/s1. The summed E-state index contributed by atoms with van der Waals surface area (Å²) in [5.41, 5.74) is 0.681. The van der Waals surface area contributed by atoms with E-state index in [4.69, 9.17) is 14.3 Å². The quantitative estimate of drug-likeness (QED) is 0.800. The maximum absolute atomic E-state index is 11.7. The number of carboxylic acid groups (broad SMARTS) is 1. The Morgan fingerprint density at radius 1 is 1.36 bits per heavy atom. The summed E-state index contributed by atoms with van der Waals surface area (Å²) in [6, 6.07) is 6.29. The molecule has 22 heavy (non-hydrogen) atoms. The van der Waals surface area contributed by atoms with Gasteiger partial charge in [0.25, 0.3) is 5.91 Å². The number of nitrogens with one attached hydrogen (secondary N) is 1. The number of hydrogen-bond acceptors (Lipinski definition) is 5. The fourth-order valence-corrected chi connectivity index (χ4v) is 1.94. The van der Waals surface area contributed by atoms with Crippen molar-refractivity contribution in [1.82, 2.24) is 5.32 Å². The molecule has 7 nitrogen and oxygen atoms in total. The normalized spacial score (nSPS) is 11.9. The molecule has 0 radical (unpaired) electrons. The molecule has 0 unspecified atom stereocenters. The van der Waals surface area contributed by atoms with Crippen molar-refractivity contribution in [2.45, 2.75) is 20.0 Å². The van der Waals surface area contributed by atoms with Crippen molar-refractivity contribution in [1.29, 1.82) is 0 Å². The van der Waals surface area contributed by atoms with Gasteiger partial charge in [0.15, 0.2) is 6.10 Å². The number of rotatable bonds is 5. The first-order valence-corrected chi connectivity index (χ1v) is 6.57. The van der Waals surface area contributed by atoms with E-state index in [0.717, 1.165) is 10.9 Å². The monoisotopic (exact) mass is 305 g/mol. The van der Waals surface area contributed by atoms with Crippen LogP contribution in [0.3, 0.4) is 0 Å². The number of carbonyl (C=O) groups excluding carboxylic acids is 1. The Bertz CT molecular complexity index is 779. The van der Waals surface area contributed by atoms with Gasteiger partial charge < -0.3 is 19.6 Å². The number of aryl methyl sites for hydroxylation is 1. The van der Waals surface area contributed by atoms with E-state index in [0.29, 0.717) is 11.3 Å². The molecule has 7 heteroatoms. The number of aliphatic carboxylic acids is 1. The summed E-state index contributed by atoms with van der Waals surface area (Å²) in [6.45, 7) is 2.81. The summed E-state index contributed by atoms with van der Waals surface area (Å²) in [4.78, 5) is 33.4. The van der Waals surface area contributed by atoms with E-state index in [1.165, 1.54) is 19.1 Å². The molecule has 1 atom stereocenters. The van der Waals surface area contributed by atoms with Crippen LogP contribution in [0.2, 0.25) is 0 Å². The van der Waals surface area contributed by atoms with Gasteiger partial charge in [-0.1, -0.05) is 0 Å². The van der Waals surface area contributed by atoms with Gasteiger partial charge in [-0.05, 0) is 31.5 Å². The summed E-state index contributed by atoms with van der Waals surface area (Å²) >= 11 is 0. The number of fused-ring (bicyclic) bond motifs is 1. The van der Waals surface area contributed by atoms with Crippen molar-refractivity contribution in [2.24, 2.45) is 0 Å². The molecular formula is C15H15NO6. The molecule has 1 heterocycles. The molecule has 0 bridgehead atoms. The van der Waals surface area contributed by atoms with Crippen LogP contribution < -0.4 is 15.7 Å². The Morgan fingerprint density at radius 2 is 2.09 bits per heavy atom. The molecule has 2 rings (SSSR count). The van der Waals surface area contributed by atoms with Crippen molar-refractivity contribution >= 4 is 22.8 Å². The summed E-state index contributed by atoms with van der Waals surface area (Å²) in [5, 5.41) is 11.5. The summed E-state index contributed by atoms with van der Waals surface area (Å²) < 4.78 is 10.5. The Morgan fingerprint density at radius 3 is 2.77 bits per heavy atom. The zero-order valence-corrected chi connectivity index (χ0v) is 12.1. The molecule has 0 spiro atoms. The van der Waals surface area contributed by atoms with E-state index >= 15 is 0 Å². The summed E-state index contributed by atoms with van der Waals surface area (Å²) in [5.74, 6) is -1.34. The average molecular weight is 305 g/mol. The fourth-order valence-electron chi connectivity index (χ4n) is 1.94. The molecule has 0 saturated carbocycles. The first-order valence-electron chi connectivity index (χ1n) is 6.57. The zero-order chi connectivity index (χ0) is 16.3. The van der Waals surface area contributed by atoms with Gasteiger partial charge in [-0.15, -0.1) is 0 Å². The minimum atomic E-state index is -1.14. The van der Waals surface area contributed by atoms with Crippen LogP contribution in [0.25, 0.3) is 11.0 Å². The van der Waals surface area contributed by atoms with Gasteiger partial charge in [0.1, 0.15) is 17.9 Å². The Kier molecular flexibility index (Phi) is 4.45. The first kappa shape index (κ1) is 15.6. The fraction of sp³-hybridized carbons (Fsp3) is 0.267. The highest BCUT2D eigenvalue weighted by Gasteiger charge is 2.16. The largest absolute Gasteiger partial charge is 0.481 e. The second-order valence-electron chi connectivity index (χ2n) is 4.78. The van der Waals surface area contributed by atoms with Gasteiger partial charge in [-0.3, -0.25) is 9.59 Å². The SMILES string of the molecule is Cc1cc(=O)oc2cc(O[C@@H](C)C(=O)NCC(=O)O)ccc12. The number of hydrogen-bond donors (Lipinski definition) is 2. The van der Waals surface area contributed by atoms with E-state index in [2.05, 4.69) is 5.32 Å². The molecule has 116 valence electrons. The van der Waals surface area contributed by atoms with Crippen LogP contribution in [-0.4, -0.2) is 29.6 Å². The molecule has 1 amide bonds. The Balaban J connectivity index is 2.16. The van der Waals surface area contributed by atoms with Gasteiger partial charge in [0, 0.05) is 17.5 Å². The molecule has 0 aliphatic carbocycles. The van der Waals surface area contributed by atoms with Gasteiger partial charge in [0.2, 0.25) is 0 Å². The van der Waals surface area contributed by atoms with Crippen LogP contribution in [-0.2, 0) is 9.59 Å². The Labute approximate surface area is 125 Å². The van der Waals surface area contributed by atoms with Crippen molar-refractivity contribution < 1.29 is 23.8 Å². The lowest BCUT2D eigenvalue weighted by Crippen LogP contribution is -2.39. The average Bonchev–Trinajstić information content (AvgIpc) is 2.43. The third-order valence-corrected chi connectivity index (χ3v) is 3.02. The predicted molar refractivity (Wildman–Crippen MR) is 78.0 cm³/mol. The molecule has 1 aromatic heterocycles. The molecule has 0 aliphatic heterocycles. The van der Waals surface area contributed by atoms with Gasteiger partial charge in [0.05, 0.1) is 0 Å². The second-order valence-corrected chi connectivity index (χ2v) is 4.78. The van der Waals surface area contributed by atoms with E-state index in [1.54, 1.807) is 19.1 Å². The van der Waals surface area contributed by atoms with Crippen LogP contribution >= 0.6 is 0 Å². The molecule has 0 fully saturated rings. The van der Waals surface area contributed by atoms with Crippen LogP contribution in [0.5, 0.6) is 5.75 Å². The number of carbonyl (C=O) groups is 2. The number of benzene rings is 1. The van der Waals surface area contributed by atoms with Crippen LogP contribution in [0, 0.1) is 6.92 Å². The van der Waals surface area contributed by atoms with E-state index < -0.39 is 30.2 Å². The molecule has 0 aliphatic rings. The maximum Gasteiger partial charge on any atom is 0.336 e. The topological polar surface area (TPSA) is 106 Å². The summed E-state index contributed by atoms with van der Waals surface area (Å²) in [6.07, 6.45) is -0.881. The van der Waals surface area contributed by atoms with Crippen LogP contribution in [0.15, 0.2) is 33.5 Å². The number of ether oxygens (including phenoxy) is 1. The molecule has 2 aromatic rings. The summed E-state index contributed by atoms with van der Waals surface area (Å²) in [7, 11) is 0. The molecular weight excluding hydrogens is 290 g/mol. The lowest BCUT2D eigenvalue weighted by molar-refractivity contribution is -0.139. The lowest BCUT2D eigenvalue weighted by Gasteiger charge is -2.14. The minimum absolute atomic E-state index is 0.347. The Hall–Kier alpha value is -2.83. The van der Waals surface area contributed by atoms with E-state index in [9.17, 15) is 14.4 Å². The highest BCUT2D eigenvalue weighted by molar-refractivity contribution is 5.85. The van der Waals surface area contributed by atoms with Crippen LogP contribution in [0.4, 0.5) is 0 Å². The van der Waals surface area contributed by atoms with Crippen molar-refractivity contribution in [3.05, 3.63) is 40.2 Å². The smallest absolute Gasteiger partial charge is 0.336 e. The predicted octanol–water partition coefficient (Wildman–Crippen LogP) is 1.07. The highest BCUT2D eigenvalue weighted by atomic mass is 16.5. The second kappa shape index (κ2) is 6.30. The number of carboxylic acids is 1. The molecule has 1 aromatic carbocycles. The van der Waals surface area contributed by atoms with Crippen molar-refractivity contribution in [2.75, 3.05) is 6.54 Å². The van der Waals surface area contributed by atoms with Gasteiger partial charge in [-0.25, -0.2) is 4.79 Å². The van der Waals surface area contributed by atoms with Crippen LogP contribution in [0.1, 0.15) is 12.5 Å². The number of amides is 1. The third kappa shape index (κ3) is 3.63. The molecule has 2 N–H and O–H groups in total. The molecule has 0 saturated heterocycles. The van der Waals surface area contributed by atoms with E-state index in [1.807, 2.05) is 0 Å². The van der Waals surface area contributed by atoms with Crippen molar-refractivity contribution in [3.8, 4) is 5.75 Å². The zero-order valence-electron chi connectivity index (χ0n) is 12.1. The third-order valence-electron chi connectivity index (χ3n) is 3.02. The highest BCUT2D eigenvalue weighted by Crippen LogP contribution is 2.22. The maximum atomic E-state index is 11.7. The first-order chi connectivity index (χ1) is 10.4. The lowest BCUT2D eigenvalue weighted by atomic mass is 10.1. The van der Waals surface area contributed by atoms with Crippen molar-refractivity contribution in [3.63, 3.8) is 0 Å². The van der Waals surface area contributed by atoms with Gasteiger partial charge >= 0.3 is 11.6 Å². The minimum Gasteiger partial charge on any atom is -0.481 e. The van der Waals surface area contributed by atoms with Gasteiger partial charge in [-0.2, -0.15) is 0 Å². The van der Waals surface area contributed by atoms with E-state index in [-0.39, 0.29) is 0 Å².